The fraction of sp³-hybridized carbons (Fsp3) is 0.812. The summed E-state index contributed by atoms with van der Waals surface area (Å²) in [5.41, 5.74) is 0. The molecular weight excluding hydrogens is 280 g/mol. The van der Waals surface area contributed by atoms with Crippen molar-refractivity contribution < 1.29 is 9.53 Å². The van der Waals surface area contributed by atoms with Crippen LogP contribution in [0.4, 0.5) is 0 Å². The highest BCUT2D eigenvalue weighted by Gasteiger charge is 2.46. The van der Waals surface area contributed by atoms with E-state index in [-0.39, 0.29) is 12.0 Å². The summed E-state index contributed by atoms with van der Waals surface area (Å²) >= 11 is 0. The largest absolute Gasteiger partial charge is 0.378 e. The molecule has 1 saturated carbocycles. The Morgan fingerprint density at radius 1 is 1.27 bits per heavy atom. The zero-order valence-corrected chi connectivity index (χ0v) is 13.2. The van der Waals surface area contributed by atoms with Gasteiger partial charge in [0, 0.05) is 38.6 Å². The highest BCUT2D eigenvalue weighted by atomic mass is 16.5. The fourth-order valence-electron chi connectivity index (χ4n) is 3.90. The molecule has 0 bridgehead atoms. The number of rotatable bonds is 4. The van der Waals surface area contributed by atoms with Gasteiger partial charge in [0.15, 0.2) is 0 Å². The first-order valence-corrected chi connectivity index (χ1v) is 8.60. The third kappa shape index (κ3) is 2.43. The van der Waals surface area contributed by atoms with Gasteiger partial charge in [-0.1, -0.05) is 0 Å². The smallest absolute Gasteiger partial charge is 0.228 e. The number of carbonyl (C=O) groups is 1. The summed E-state index contributed by atoms with van der Waals surface area (Å²) in [6.07, 6.45) is 5.35. The minimum absolute atomic E-state index is 0.119. The molecule has 1 saturated heterocycles. The molecule has 2 fully saturated rings. The lowest BCUT2D eigenvalue weighted by molar-refractivity contribution is -0.134. The standard InChI is InChI=1S/C16H24N4O2/c1-2-22-13-10-12(13)16(21)19-8-5-11(6-9-19)15-18-17-14-4-3-7-20(14)15/h11-13H,2-10H2,1H3/t12-,13-/m1/s1. The van der Waals surface area contributed by atoms with Crippen LogP contribution in [0.5, 0.6) is 0 Å². The SMILES string of the molecule is CCO[C@@H]1C[C@H]1C(=O)N1CCC(c2nnc3n2CCC3)CC1. The van der Waals surface area contributed by atoms with Crippen molar-refractivity contribution in [2.75, 3.05) is 19.7 Å². The lowest BCUT2D eigenvalue weighted by Gasteiger charge is -2.31. The van der Waals surface area contributed by atoms with E-state index in [1.165, 1.54) is 6.42 Å². The highest BCUT2D eigenvalue weighted by Crippen LogP contribution is 2.37. The number of carbonyl (C=O) groups excluding carboxylic acids is 1. The van der Waals surface area contributed by atoms with Crippen LogP contribution in [-0.4, -0.2) is 51.4 Å². The van der Waals surface area contributed by atoms with Gasteiger partial charge in [-0.3, -0.25) is 4.79 Å². The Bertz CT molecular complexity index is 562. The Morgan fingerprint density at radius 3 is 2.86 bits per heavy atom. The average Bonchev–Trinajstić information content (AvgIpc) is 2.96. The second kappa shape index (κ2) is 5.65. The summed E-state index contributed by atoms with van der Waals surface area (Å²) in [7, 11) is 0. The van der Waals surface area contributed by atoms with Crippen LogP contribution in [0.15, 0.2) is 0 Å². The van der Waals surface area contributed by atoms with E-state index in [4.69, 9.17) is 4.74 Å². The normalized spacial score (nSPS) is 28.0. The Labute approximate surface area is 130 Å². The molecule has 2 atom stereocenters. The maximum absolute atomic E-state index is 12.4. The molecule has 22 heavy (non-hydrogen) atoms. The third-order valence-corrected chi connectivity index (χ3v) is 5.24. The molecular formula is C16H24N4O2. The predicted octanol–water partition coefficient (Wildman–Crippen LogP) is 1.36. The Morgan fingerprint density at radius 2 is 2.09 bits per heavy atom. The molecule has 0 radical (unpaired) electrons. The minimum Gasteiger partial charge on any atom is -0.378 e. The van der Waals surface area contributed by atoms with Gasteiger partial charge in [-0.05, 0) is 32.6 Å². The van der Waals surface area contributed by atoms with E-state index in [0.717, 1.165) is 57.0 Å². The summed E-state index contributed by atoms with van der Waals surface area (Å²) in [5, 5.41) is 8.72. The van der Waals surface area contributed by atoms with Crippen LogP contribution in [0.3, 0.4) is 0 Å². The van der Waals surface area contributed by atoms with E-state index in [2.05, 4.69) is 14.8 Å². The number of hydrogen-bond donors (Lipinski definition) is 0. The predicted molar refractivity (Wildman–Crippen MR) is 80.4 cm³/mol. The van der Waals surface area contributed by atoms with Gasteiger partial charge in [0.2, 0.25) is 5.91 Å². The fourth-order valence-corrected chi connectivity index (χ4v) is 3.90. The maximum atomic E-state index is 12.4. The van der Waals surface area contributed by atoms with Gasteiger partial charge in [0.25, 0.3) is 0 Å². The van der Waals surface area contributed by atoms with Gasteiger partial charge in [-0.25, -0.2) is 0 Å². The molecule has 3 aliphatic rings. The lowest BCUT2D eigenvalue weighted by atomic mass is 9.95. The molecule has 0 aromatic carbocycles. The summed E-state index contributed by atoms with van der Waals surface area (Å²) in [6, 6.07) is 0. The number of ether oxygens (including phenoxy) is 1. The van der Waals surface area contributed by atoms with Crippen LogP contribution in [0, 0.1) is 5.92 Å². The van der Waals surface area contributed by atoms with Crippen LogP contribution in [-0.2, 0) is 22.5 Å². The summed E-state index contributed by atoms with van der Waals surface area (Å²) < 4.78 is 7.84. The quantitative estimate of drug-likeness (QED) is 0.842. The van der Waals surface area contributed by atoms with Gasteiger partial charge in [-0.2, -0.15) is 0 Å². The Kier molecular flexibility index (Phi) is 3.64. The second-order valence-corrected chi connectivity index (χ2v) is 6.67. The summed E-state index contributed by atoms with van der Waals surface area (Å²) in [5.74, 6) is 3.17. The molecule has 3 heterocycles. The van der Waals surface area contributed by atoms with Crippen molar-refractivity contribution in [2.24, 2.45) is 5.92 Å². The van der Waals surface area contributed by atoms with Crippen molar-refractivity contribution in [3.63, 3.8) is 0 Å². The number of likely N-dealkylation sites (tertiary alicyclic amines) is 1. The second-order valence-electron chi connectivity index (χ2n) is 6.67. The van der Waals surface area contributed by atoms with Crippen molar-refractivity contribution in [3.05, 3.63) is 11.6 Å². The van der Waals surface area contributed by atoms with E-state index < -0.39 is 0 Å². The molecule has 2 aliphatic heterocycles. The molecule has 0 spiro atoms. The van der Waals surface area contributed by atoms with Gasteiger partial charge >= 0.3 is 0 Å². The van der Waals surface area contributed by atoms with Gasteiger partial charge in [0.05, 0.1) is 12.0 Å². The lowest BCUT2D eigenvalue weighted by Crippen LogP contribution is -2.39. The van der Waals surface area contributed by atoms with Crippen LogP contribution >= 0.6 is 0 Å². The van der Waals surface area contributed by atoms with Crippen molar-refractivity contribution in [1.82, 2.24) is 19.7 Å². The molecule has 1 amide bonds. The molecule has 1 aromatic rings. The third-order valence-electron chi connectivity index (χ3n) is 5.24. The van der Waals surface area contributed by atoms with E-state index in [1.807, 2.05) is 11.8 Å². The van der Waals surface area contributed by atoms with Crippen molar-refractivity contribution >= 4 is 5.91 Å². The van der Waals surface area contributed by atoms with Crippen molar-refractivity contribution in [1.29, 1.82) is 0 Å². The molecule has 1 aromatic heterocycles. The van der Waals surface area contributed by atoms with E-state index >= 15 is 0 Å². The van der Waals surface area contributed by atoms with Crippen LogP contribution in [0.25, 0.3) is 0 Å². The number of aryl methyl sites for hydroxylation is 1. The number of hydrogen-bond acceptors (Lipinski definition) is 4. The van der Waals surface area contributed by atoms with Gasteiger partial charge in [0.1, 0.15) is 11.6 Å². The molecule has 6 nitrogen and oxygen atoms in total. The first-order chi connectivity index (χ1) is 10.8. The maximum Gasteiger partial charge on any atom is 0.228 e. The molecule has 0 N–H and O–H groups in total. The molecule has 6 heteroatoms. The van der Waals surface area contributed by atoms with E-state index in [1.54, 1.807) is 0 Å². The monoisotopic (exact) mass is 304 g/mol. The zero-order chi connectivity index (χ0) is 15.1. The minimum atomic E-state index is 0.119. The van der Waals surface area contributed by atoms with Gasteiger partial charge in [-0.15, -0.1) is 10.2 Å². The molecule has 4 rings (SSSR count). The zero-order valence-electron chi connectivity index (χ0n) is 13.2. The molecule has 1 aliphatic carbocycles. The van der Waals surface area contributed by atoms with Crippen LogP contribution in [0.1, 0.15) is 50.2 Å². The highest BCUT2D eigenvalue weighted by molar-refractivity contribution is 5.82. The van der Waals surface area contributed by atoms with E-state index in [9.17, 15) is 4.79 Å². The van der Waals surface area contributed by atoms with Crippen molar-refractivity contribution in [3.8, 4) is 0 Å². The number of fused-ring (bicyclic) bond motifs is 1. The van der Waals surface area contributed by atoms with Crippen molar-refractivity contribution in [2.45, 2.75) is 57.6 Å². The Hall–Kier alpha value is -1.43. The molecule has 0 unspecified atom stereocenters. The van der Waals surface area contributed by atoms with Crippen LogP contribution in [0.2, 0.25) is 0 Å². The van der Waals surface area contributed by atoms with E-state index in [0.29, 0.717) is 18.4 Å². The summed E-state index contributed by atoms with van der Waals surface area (Å²) in [6.45, 7) is 5.45. The number of piperidine rings is 1. The molecule has 120 valence electrons. The first-order valence-electron chi connectivity index (χ1n) is 8.60. The number of nitrogens with zero attached hydrogens (tertiary/aromatic N) is 4. The number of amides is 1. The average molecular weight is 304 g/mol. The first kappa shape index (κ1) is 14.2. The Balaban J connectivity index is 1.34. The van der Waals surface area contributed by atoms with Gasteiger partial charge < -0.3 is 14.2 Å². The summed E-state index contributed by atoms with van der Waals surface area (Å²) in [4.78, 5) is 14.5. The number of aromatic nitrogens is 3. The van der Waals surface area contributed by atoms with Crippen LogP contribution < -0.4 is 0 Å². The topological polar surface area (TPSA) is 60.2 Å².